The fourth-order valence-corrected chi connectivity index (χ4v) is 0.571. The summed E-state index contributed by atoms with van der Waals surface area (Å²) in [6.07, 6.45) is 0.645. The zero-order valence-electron chi connectivity index (χ0n) is 5.72. The van der Waals surface area contributed by atoms with Crippen molar-refractivity contribution in [2.45, 2.75) is 0 Å². The summed E-state index contributed by atoms with van der Waals surface area (Å²) in [7, 11) is 3.24. The molecule has 0 atom stereocenters. The average Bonchev–Trinajstić information content (AvgIpc) is 2.34. The molecule has 0 spiro atoms. The van der Waals surface area contributed by atoms with Gasteiger partial charge in [-0.25, -0.2) is 4.68 Å². The summed E-state index contributed by atoms with van der Waals surface area (Å²) in [6.45, 7) is 0. The molecule has 0 bridgehead atoms. The lowest BCUT2D eigenvalue weighted by atomic mass is 10.8. The van der Waals surface area contributed by atoms with Crippen LogP contribution in [0.1, 0.15) is 0 Å². The smallest absolute Gasteiger partial charge is 0.251 e. The summed E-state index contributed by atoms with van der Waals surface area (Å²) in [5.74, 6) is 0.426. The molecule has 1 heterocycles. The van der Waals surface area contributed by atoms with Crippen LogP contribution in [0.5, 0.6) is 0 Å². The molecule has 0 aliphatic carbocycles. The first-order chi connectivity index (χ1) is 4.75. The molecule has 1 aromatic rings. The average molecular weight is 141 g/mol. The Kier molecular flexibility index (Phi) is 1.61. The van der Waals surface area contributed by atoms with Crippen LogP contribution in [0.25, 0.3) is 0 Å². The topological polar surface area (TPSA) is 63.9 Å². The molecule has 0 unspecified atom stereocenters. The quantitative estimate of drug-likeness (QED) is 0.485. The highest BCUT2D eigenvalue weighted by Crippen LogP contribution is 1.98. The van der Waals surface area contributed by atoms with Crippen LogP contribution < -0.4 is 4.90 Å². The molecule has 6 heteroatoms. The van der Waals surface area contributed by atoms with Crippen molar-refractivity contribution in [3.05, 3.63) is 0 Å². The van der Waals surface area contributed by atoms with Gasteiger partial charge in [0.25, 0.3) is 5.95 Å². The molecular weight excluding hydrogens is 134 g/mol. The van der Waals surface area contributed by atoms with Crippen molar-refractivity contribution in [1.29, 1.82) is 0 Å². The second-order valence-corrected chi connectivity index (χ2v) is 1.82. The number of carbonyl (C=O) groups is 1. The summed E-state index contributed by atoms with van der Waals surface area (Å²) in [5.41, 5.74) is 0. The predicted octanol–water partition coefficient (Wildman–Crippen LogP) is -1.20. The van der Waals surface area contributed by atoms with Gasteiger partial charge in [-0.1, -0.05) is 5.10 Å². The number of tetrazole rings is 1. The van der Waals surface area contributed by atoms with E-state index in [4.69, 9.17) is 0 Å². The van der Waals surface area contributed by atoms with Gasteiger partial charge in [-0.3, -0.25) is 9.69 Å². The Morgan fingerprint density at radius 2 is 2.40 bits per heavy atom. The summed E-state index contributed by atoms with van der Waals surface area (Å²) < 4.78 is 1.41. The molecule has 1 amide bonds. The third-order valence-electron chi connectivity index (χ3n) is 1.07. The molecule has 0 fully saturated rings. The van der Waals surface area contributed by atoms with Crippen LogP contribution >= 0.6 is 0 Å². The maximum Gasteiger partial charge on any atom is 0.251 e. The summed E-state index contributed by atoms with van der Waals surface area (Å²) in [5, 5.41) is 10.5. The largest absolute Gasteiger partial charge is 0.285 e. The lowest BCUT2D eigenvalue weighted by Gasteiger charge is -2.04. The number of carbonyl (C=O) groups excluding carboxylic acids is 1. The highest BCUT2D eigenvalue weighted by atomic mass is 16.1. The fourth-order valence-electron chi connectivity index (χ4n) is 0.571. The SMILES string of the molecule is CN(C=O)c1nnnn1C. The standard InChI is InChI=1S/C4H7N5O/c1-8(3-10)4-5-6-7-9(4)2/h3H,1-2H3. The Hall–Kier alpha value is -1.46. The van der Waals surface area contributed by atoms with E-state index < -0.39 is 0 Å². The van der Waals surface area contributed by atoms with Crippen LogP contribution in [0.3, 0.4) is 0 Å². The summed E-state index contributed by atoms with van der Waals surface area (Å²) >= 11 is 0. The molecule has 1 rings (SSSR count). The van der Waals surface area contributed by atoms with Crippen LogP contribution in [0.2, 0.25) is 0 Å². The monoisotopic (exact) mass is 141 g/mol. The van der Waals surface area contributed by atoms with Crippen molar-refractivity contribution in [3.8, 4) is 0 Å². The number of anilines is 1. The second kappa shape index (κ2) is 2.42. The van der Waals surface area contributed by atoms with Gasteiger partial charge in [0.15, 0.2) is 0 Å². The van der Waals surface area contributed by atoms with Gasteiger partial charge in [0.05, 0.1) is 0 Å². The van der Waals surface area contributed by atoms with E-state index in [-0.39, 0.29) is 0 Å². The van der Waals surface area contributed by atoms with E-state index in [0.29, 0.717) is 12.4 Å². The lowest BCUT2D eigenvalue weighted by molar-refractivity contribution is -0.107. The van der Waals surface area contributed by atoms with Crippen molar-refractivity contribution in [2.75, 3.05) is 11.9 Å². The number of rotatable bonds is 2. The van der Waals surface area contributed by atoms with Gasteiger partial charge in [0.1, 0.15) is 0 Å². The Bertz CT molecular complexity index is 231. The van der Waals surface area contributed by atoms with Gasteiger partial charge in [0, 0.05) is 14.1 Å². The van der Waals surface area contributed by atoms with Gasteiger partial charge in [-0.05, 0) is 10.4 Å². The Labute approximate surface area is 57.4 Å². The predicted molar refractivity (Wildman–Crippen MR) is 33.3 cm³/mol. The van der Waals surface area contributed by atoms with Crippen LogP contribution in [0, 0.1) is 0 Å². The van der Waals surface area contributed by atoms with E-state index in [9.17, 15) is 4.79 Å². The third-order valence-corrected chi connectivity index (χ3v) is 1.07. The number of aromatic nitrogens is 4. The van der Waals surface area contributed by atoms with Gasteiger partial charge < -0.3 is 0 Å². The highest BCUT2D eigenvalue weighted by Gasteiger charge is 2.04. The second-order valence-electron chi connectivity index (χ2n) is 1.82. The molecule has 54 valence electrons. The highest BCUT2D eigenvalue weighted by molar-refractivity contribution is 5.69. The van der Waals surface area contributed by atoms with Crippen LogP contribution in [0.15, 0.2) is 0 Å². The van der Waals surface area contributed by atoms with Crippen molar-refractivity contribution >= 4 is 12.4 Å². The fraction of sp³-hybridized carbons (Fsp3) is 0.500. The maximum absolute atomic E-state index is 10.2. The normalized spacial score (nSPS) is 9.40. The number of hydrogen-bond donors (Lipinski definition) is 0. The molecule has 0 saturated carbocycles. The van der Waals surface area contributed by atoms with E-state index in [2.05, 4.69) is 15.5 Å². The zero-order valence-corrected chi connectivity index (χ0v) is 5.72. The number of nitrogens with zero attached hydrogens (tertiary/aromatic N) is 5. The van der Waals surface area contributed by atoms with Crippen molar-refractivity contribution < 1.29 is 4.79 Å². The van der Waals surface area contributed by atoms with Crippen LogP contribution in [0.4, 0.5) is 5.95 Å². The van der Waals surface area contributed by atoms with Crippen molar-refractivity contribution in [2.24, 2.45) is 7.05 Å². The number of hydrogen-bond acceptors (Lipinski definition) is 4. The van der Waals surface area contributed by atoms with E-state index in [0.717, 1.165) is 0 Å². The van der Waals surface area contributed by atoms with Crippen LogP contribution in [-0.2, 0) is 11.8 Å². The van der Waals surface area contributed by atoms with E-state index in [1.165, 1.54) is 9.58 Å². The minimum absolute atomic E-state index is 0.426. The van der Waals surface area contributed by atoms with E-state index >= 15 is 0 Å². The summed E-state index contributed by atoms with van der Waals surface area (Å²) in [6, 6.07) is 0. The van der Waals surface area contributed by atoms with Gasteiger partial charge in [0.2, 0.25) is 6.41 Å². The Balaban J connectivity index is 2.92. The van der Waals surface area contributed by atoms with Crippen molar-refractivity contribution in [3.63, 3.8) is 0 Å². The Morgan fingerprint density at radius 3 is 2.80 bits per heavy atom. The number of aryl methyl sites for hydroxylation is 1. The minimum Gasteiger partial charge on any atom is -0.285 e. The van der Waals surface area contributed by atoms with Gasteiger partial charge >= 0.3 is 0 Å². The van der Waals surface area contributed by atoms with E-state index in [1.54, 1.807) is 14.1 Å². The first-order valence-corrected chi connectivity index (χ1v) is 2.66. The molecule has 0 aromatic carbocycles. The Morgan fingerprint density at radius 1 is 1.70 bits per heavy atom. The number of amides is 1. The molecule has 6 nitrogen and oxygen atoms in total. The molecule has 0 aliphatic heterocycles. The molecule has 0 aliphatic rings. The molecule has 0 N–H and O–H groups in total. The first-order valence-electron chi connectivity index (χ1n) is 2.66. The third kappa shape index (κ3) is 0.949. The van der Waals surface area contributed by atoms with Crippen LogP contribution in [-0.4, -0.2) is 33.7 Å². The van der Waals surface area contributed by atoms with Crippen molar-refractivity contribution in [1.82, 2.24) is 20.2 Å². The van der Waals surface area contributed by atoms with E-state index in [1.807, 2.05) is 0 Å². The molecular formula is C4H7N5O. The molecule has 0 saturated heterocycles. The molecule has 0 radical (unpaired) electrons. The first kappa shape index (κ1) is 6.66. The van der Waals surface area contributed by atoms with Gasteiger partial charge in [-0.15, -0.1) is 0 Å². The summed E-state index contributed by atoms with van der Waals surface area (Å²) in [4.78, 5) is 11.5. The minimum atomic E-state index is 0.426. The molecule has 10 heavy (non-hydrogen) atoms. The lowest BCUT2D eigenvalue weighted by Crippen LogP contribution is -2.18. The molecule has 1 aromatic heterocycles. The zero-order chi connectivity index (χ0) is 7.56. The van der Waals surface area contributed by atoms with Gasteiger partial charge in [-0.2, -0.15) is 0 Å². The maximum atomic E-state index is 10.2.